The van der Waals surface area contributed by atoms with E-state index in [9.17, 15) is 41.3 Å². The van der Waals surface area contributed by atoms with Crippen molar-refractivity contribution in [3.63, 3.8) is 0 Å². The van der Waals surface area contributed by atoms with Crippen molar-refractivity contribution in [3.8, 4) is 5.75 Å². The zero-order valence-corrected chi connectivity index (χ0v) is 14.7. The molecule has 0 radical (unpaired) electrons. The molecule has 0 atom stereocenters. The van der Waals surface area contributed by atoms with Crippen molar-refractivity contribution < 1.29 is 40.8 Å². The lowest BCUT2D eigenvalue weighted by Gasteiger charge is -2.12. The van der Waals surface area contributed by atoms with Gasteiger partial charge in [-0.15, -0.1) is 0 Å². The molecule has 29 heavy (non-hydrogen) atoms. The molecule has 2 rings (SSSR count). The van der Waals surface area contributed by atoms with Gasteiger partial charge >= 0.3 is 18.0 Å². The van der Waals surface area contributed by atoms with Crippen molar-refractivity contribution in [2.75, 3.05) is 11.9 Å². The van der Waals surface area contributed by atoms with Crippen LogP contribution in [0.2, 0.25) is 5.02 Å². The molecule has 0 spiro atoms. The molecule has 0 aliphatic heterocycles. The molecule has 0 fully saturated rings. The molecular weight excluding hydrogens is 434 g/mol. The summed E-state index contributed by atoms with van der Waals surface area (Å²) in [7, 11) is 0. The van der Waals surface area contributed by atoms with Crippen LogP contribution in [0.4, 0.5) is 37.7 Å². The van der Waals surface area contributed by atoms with Crippen molar-refractivity contribution in [1.29, 1.82) is 0 Å². The first-order valence-electron chi connectivity index (χ1n) is 7.44. The maximum Gasteiger partial charge on any atom is 0.416 e. The highest BCUT2D eigenvalue weighted by Crippen LogP contribution is 2.36. The minimum Gasteiger partial charge on any atom is -0.477 e. The molecule has 0 aliphatic carbocycles. The van der Waals surface area contributed by atoms with Gasteiger partial charge in [-0.1, -0.05) is 11.6 Å². The Morgan fingerprint density at radius 1 is 1.03 bits per heavy atom. The molecule has 1 amide bonds. The molecule has 2 aromatic rings. The number of ether oxygens (including phenoxy) is 1. The Bertz CT molecular complexity index is 946. The second kappa shape index (κ2) is 8.15. The molecule has 0 aromatic heterocycles. The van der Waals surface area contributed by atoms with Crippen LogP contribution in [0.5, 0.6) is 5.75 Å². The maximum absolute atomic E-state index is 12.7. The van der Waals surface area contributed by atoms with Crippen LogP contribution < -0.4 is 10.1 Å². The molecular formula is C16H9ClF6N2O4. The van der Waals surface area contributed by atoms with Crippen molar-refractivity contribution in [1.82, 2.24) is 0 Å². The summed E-state index contributed by atoms with van der Waals surface area (Å²) in [4.78, 5) is 21.7. The van der Waals surface area contributed by atoms with Gasteiger partial charge in [0.2, 0.25) is 0 Å². The molecule has 13 heteroatoms. The second-order valence-electron chi connectivity index (χ2n) is 5.47. The molecule has 1 N–H and O–H groups in total. The van der Waals surface area contributed by atoms with Crippen LogP contribution in [-0.4, -0.2) is 17.4 Å². The highest BCUT2D eigenvalue weighted by atomic mass is 35.5. The molecule has 0 saturated carbocycles. The van der Waals surface area contributed by atoms with Gasteiger partial charge in [0.25, 0.3) is 5.91 Å². The van der Waals surface area contributed by atoms with Gasteiger partial charge in [-0.3, -0.25) is 14.9 Å². The number of anilines is 1. The number of carbonyl (C=O) groups is 1. The van der Waals surface area contributed by atoms with Gasteiger partial charge in [-0.05, 0) is 30.3 Å². The summed E-state index contributed by atoms with van der Waals surface area (Å²) in [6.45, 7) is -0.932. The van der Waals surface area contributed by atoms with Crippen LogP contribution in [0.25, 0.3) is 0 Å². The Kier molecular flexibility index (Phi) is 6.26. The lowest BCUT2D eigenvalue weighted by molar-refractivity contribution is -0.386. The molecule has 0 saturated heterocycles. The first-order valence-corrected chi connectivity index (χ1v) is 7.82. The van der Waals surface area contributed by atoms with E-state index < -0.39 is 58.0 Å². The Morgan fingerprint density at radius 3 is 2.14 bits per heavy atom. The zero-order valence-electron chi connectivity index (χ0n) is 13.9. The van der Waals surface area contributed by atoms with E-state index in [1.165, 1.54) is 0 Å². The largest absolute Gasteiger partial charge is 0.477 e. The van der Waals surface area contributed by atoms with Crippen LogP contribution in [-0.2, 0) is 17.1 Å². The topological polar surface area (TPSA) is 81.5 Å². The number of alkyl halides is 6. The van der Waals surface area contributed by atoms with Gasteiger partial charge < -0.3 is 10.1 Å². The number of amides is 1. The van der Waals surface area contributed by atoms with Crippen LogP contribution in [0, 0.1) is 10.1 Å². The van der Waals surface area contributed by atoms with E-state index in [4.69, 9.17) is 16.3 Å². The number of nitrogens with one attached hydrogen (secondary N) is 1. The number of hydrogen-bond donors (Lipinski definition) is 1. The summed E-state index contributed by atoms with van der Waals surface area (Å²) in [6.07, 6.45) is -9.53. The lowest BCUT2D eigenvalue weighted by atomic mass is 10.2. The zero-order chi connectivity index (χ0) is 22.0. The number of carbonyl (C=O) groups excluding carboxylic acids is 1. The van der Waals surface area contributed by atoms with Crippen molar-refractivity contribution >= 4 is 28.9 Å². The Balaban J connectivity index is 2.15. The standard InChI is InChI=1S/C16H9ClF6N2O4/c17-10-3-1-8(15(18,19)20)5-11(10)24-14(26)7-29-13-4-2-9(16(21,22)23)6-12(13)25(27)28/h1-6H,7H2,(H,24,26). The van der Waals surface area contributed by atoms with Crippen LogP contribution in [0.3, 0.4) is 0 Å². The molecule has 156 valence electrons. The fourth-order valence-electron chi connectivity index (χ4n) is 2.09. The van der Waals surface area contributed by atoms with Gasteiger partial charge in [0.15, 0.2) is 12.4 Å². The predicted molar refractivity (Wildman–Crippen MR) is 88.7 cm³/mol. The number of nitro groups is 1. The van der Waals surface area contributed by atoms with Gasteiger partial charge in [0, 0.05) is 6.07 Å². The minimum atomic E-state index is -4.83. The van der Waals surface area contributed by atoms with E-state index in [0.717, 1.165) is 6.07 Å². The Morgan fingerprint density at radius 2 is 1.59 bits per heavy atom. The van der Waals surface area contributed by atoms with E-state index in [0.29, 0.717) is 24.3 Å². The van der Waals surface area contributed by atoms with E-state index in [-0.39, 0.29) is 11.1 Å². The molecule has 0 heterocycles. The van der Waals surface area contributed by atoms with E-state index >= 15 is 0 Å². The first-order chi connectivity index (χ1) is 13.3. The number of benzene rings is 2. The first kappa shape index (κ1) is 22.3. The SMILES string of the molecule is O=C(COc1ccc(C(F)(F)F)cc1[N+](=O)[O-])Nc1cc(C(F)(F)F)ccc1Cl. The second-order valence-corrected chi connectivity index (χ2v) is 5.87. The minimum absolute atomic E-state index is 0.216. The van der Waals surface area contributed by atoms with Gasteiger partial charge in [0.05, 0.1) is 26.8 Å². The van der Waals surface area contributed by atoms with Gasteiger partial charge in [0.1, 0.15) is 0 Å². The monoisotopic (exact) mass is 442 g/mol. The van der Waals surface area contributed by atoms with Gasteiger partial charge in [-0.25, -0.2) is 0 Å². The van der Waals surface area contributed by atoms with E-state index in [1.807, 2.05) is 5.32 Å². The Labute approximate surface area is 163 Å². The number of rotatable bonds is 5. The lowest BCUT2D eigenvalue weighted by Crippen LogP contribution is -2.21. The van der Waals surface area contributed by atoms with Crippen LogP contribution in [0.15, 0.2) is 36.4 Å². The fourth-order valence-corrected chi connectivity index (χ4v) is 2.25. The molecule has 0 bridgehead atoms. The quantitative estimate of drug-likeness (QED) is 0.387. The summed E-state index contributed by atoms with van der Waals surface area (Å²) < 4.78 is 81.0. The van der Waals surface area contributed by atoms with Gasteiger partial charge in [-0.2, -0.15) is 26.3 Å². The van der Waals surface area contributed by atoms with Crippen molar-refractivity contribution in [3.05, 3.63) is 62.7 Å². The summed E-state index contributed by atoms with van der Waals surface area (Å²) in [6, 6.07) is 3.58. The summed E-state index contributed by atoms with van der Waals surface area (Å²) in [5.41, 5.74) is -3.81. The maximum atomic E-state index is 12.7. The highest BCUT2D eigenvalue weighted by molar-refractivity contribution is 6.33. The van der Waals surface area contributed by atoms with Crippen LogP contribution >= 0.6 is 11.6 Å². The number of hydrogen-bond acceptors (Lipinski definition) is 4. The smallest absolute Gasteiger partial charge is 0.416 e. The molecule has 6 nitrogen and oxygen atoms in total. The van der Waals surface area contributed by atoms with E-state index in [2.05, 4.69) is 0 Å². The fraction of sp³-hybridized carbons (Fsp3) is 0.188. The average Bonchev–Trinajstić information content (AvgIpc) is 2.59. The number of nitrogens with zero attached hydrogens (tertiary/aromatic N) is 1. The third-order valence-electron chi connectivity index (χ3n) is 3.41. The van der Waals surface area contributed by atoms with Crippen LogP contribution in [0.1, 0.15) is 11.1 Å². The third kappa shape index (κ3) is 5.73. The summed E-state index contributed by atoms with van der Waals surface area (Å²) >= 11 is 5.72. The molecule has 2 aromatic carbocycles. The summed E-state index contributed by atoms with van der Waals surface area (Å²) in [5.74, 6) is -1.67. The number of nitro benzene ring substituents is 1. The average molecular weight is 443 g/mol. The normalized spacial score (nSPS) is 11.8. The van der Waals surface area contributed by atoms with Crippen molar-refractivity contribution in [2.24, 2.45) is 0 Å². The highest BCUT2D eigenvalue weighted by Gasteiger charge is 2.34. The van der Waals surface area contributed by atoms with E-state index in [1.54, 1.807) is 0 Å². The predicted octanol–water partition coefficient (Wildman–Crippen LogP) is 5.30. The molecule has 0 aliphatic rings. The Hall–Kier alpha value is -3.02. The van der Waals surface area contributed by atoms with Crippen molar-refractivity contribution in [2.45, 2.75) is 12.4 Å². The molecule has 0 unspecified atom stereocenters. The summed E-state index contributed by atoms with van der Waals surface area (Å²) in [5, 5.41) is 12.8. The number of halogens is 7. The third-order valence-corrected chi connectivity index (χ3v) is 3.74.